The molecule has 1 saturated heterocycles. The van der Waals surface area contributed by atoms with Crippen molar-refractivity contribution in [3.8, 4) is 0 Å². The molecule has 2 aliphatic rings. The zero-order valence-corrected chi connectivity index (χ0v) is 13.4. The standard InChI is InChI=1S/C17H27N3O2/c1-12(13-5-3-2-4-6-13)19-16(21)15-11-22-17(20-15)14-7-9-18-10-8-14/h11-14,18H,2-10H2,1H3,(H,19,21). The second-order valence-corrected chi connectivity index (χ2v) is 6.76. The third-order valence-electron chi connectivity index (χ3n) is 5.16. The zero-order chi connectivity index (χ0) is 15.4. The number of nitrogens with one attached hydrogen (secondary N) is 2. The van der Waals surface area contributed by atoms with Crippen LogP contribution in [0.2, 0.25) is 0 Å². The molecule has 1 aromatic heterocycles. The van der Waals surface area contributed by atoms with Crippen molar-refractivity contribution in [1.29, 1.82) is 0 Å². The Morgan fingerprint density at radius 3 is 2.73 bits per heavy atom. The van der Waals surface area contributed by atoms with E-state index in [2.05, 4.69) is 22.5 Å². The minimum atomic E-state index is -0.0954. The van der Waals surface area contributed by atoms with Crippen LogP contribution in [0.15, 0.2) is 10.7 Å². The maximum atomic E-state index is 12.3. The predicted octanol–water partition coefficient (Wildman–Crippen LogP) is 2.84. The van der Waals surface area contributed by atoms with Crippen molar-refractivity contribution >= 4 is 5.91 Å². The van der Waals surface area contributed by atoms with Gasteiger partial charge in [-0.15, -0.1) is 0 Å². The van der Waals surface area contributed by atoms with Gasteiger partial charge < -0.3 is 15.1 Å². The van der Waals surface area contributed by atoms with E-state index in [1.807, 2.05) is 0 Å². The number of hydrogen-bond donors (Lipinski definition) is 2. The molecule has 2 heterocycles. The van der Waals surface area contributed by atoms with Crippen molar-refractivity contribution in [2.45, 2.75) is 63.8 Å². The molecule has 1 aliphatic carbocycles. The minimum absolute atomic E-state index is 0.0954. The quantitative estimate of drug-likeness (QED) is 0.897. The Labute approximate surface area is 132 Å². The summed E-state index contributed by atoms with van der Waals surface area (Å²) in [5.41, 5.74) is 0.427. The summed E-state index contributed by atoms with van der Waals surface area (Å²) in [7, 11) is 0. The zero-order valence-electron chi connectivity index (χ0n) is 13.4. The van der Waals surface area contributed by atoms with Crippen LogP contribution in [0.4, 0.5) is 0 Å². The molecule has 0 aromatic carbocycles. The lowest BCUT2D eigenvalue weighted by Crippen LogP contribution is -2.39. The molecule has 1 amide bonds. The number of nitrogens with zero attached hydrogens (tertiary/aromatic N) is 1. The molecule has 1 aromatic rings. The molecule has 122 valence electrons. The van der Waals surface area contributed by atoms with E-state index in [4.69, 9.17) is 4.42 Å². The van der Waals surface area contributed by atoms with Crippen molar-refractivity contribution in [1.82, 2.24) is 15.6 Å². The number of carbonyl (C=O) groups excluding carboxylic acids is 1. The summed E-state index contributed by atoms with van der Waals surface area (Å²) in [5.74, 6) is 1.58. The summed E-state index contributed by atoms with van der Waals surface area (Å²) in [4.78, 5) is 16.8. The summed E-state index contributed by atoms with van der Waals surface area (Å²) in [6.07, 6.45) is 9.92. The summed E-state index contributed by atoms with van der Waals surface area (Å²) >= 11 is 0. The lowest BCUT2D eigenvalue weighted by molar-refractivity contribution is 0.0914. The molecule has 1 aliphatic heterocycles. The number of hydrogen-bond acceptors (Lipinski definition) is 4. The monoisotopic (exact) mass is 305 g/mol. The van der Waals surface area contributed by atoms with E-state index in [9.17, 15) is 4.79 Å². The molecule has 1 unspecified atom stereocenters. The fourth-order valence-electron chi connectivity index (χ4n) is 3.68. The number of carbonyl (C=O) groups is 1. The van der Waals surface area contributed by atoms with Gasteiger partial charge in [0.25, 0.3) is 5.91 Å². The molecule has 5 heteroatoms. The largest absolute Gasteiger partial charge is 0.448 e. The first-order valence-electron chi connectivity index (χ1n) is 8.71. The maximum Gasteiger partial charge on any atom is 0.273 e. The van der Waals surface area contributed by atoms with Gasteiger partial charge in [-0.05, 0) is 51.6 Å². The first-order valence-corrected chi connectivity index (χ1v) is 8.71. The fourth-order valence-corrected chi connectivity index (χ4v) is 3.68. The SMILES string of the molecule is CC(NC(=O)c1coc(C2CCNCC2)n1)C1CCCCC1. The number of piperidine rings is 1. The van der Waals surface area contributed by atoms with E-state index in [-0.39, 0.29) is 11.9 Å². The van der Waals surface area contributed by atoms with Crippen LogP contribution >= 0.6 is 0 Å². The van der Waals surface area contributed by atoms with Crippen LogP contribution in [0.5, 0.6) is 0 Å². The molecule has 1 saturated carbocycles. The van der Waals surface area contributed by atoms with Gasteiger partial charge in [-0.1, -0.05) is 19.3 Å². The Morgan fingerprint density at radius 2 is 2.00 bits per heavy atom. The van der Waals surface area contributed by atoms with Crippen LogP contribution in [-0.2, 0) is 0 Å². The molecular weight excluding hydrogens is 278 g/mol. The van der Waals surface area contributed by atoms with Crippen LogP contribution in [0.3, 0.4) is 0 Å². The van der Waals surface area contributed by atoms with E-state index in [0.29, 0.717) is 17.5 Å². The summed E-state index contributed by atoms with van der Waals surface area (Å²) in [6, 6.07) is 0.215. The maximum absolute atomic E-state index is 12.3. The van der Waals surface area contributed by atoms with Crippen molar-refractivity contribution in [2.24, 2.45) is 5.92 Å². The average Bonchev–Trinajstić information content (AvgIpc) is 3.06. The third-order valence-corrected chi connectivity index (χ3v) is 5.16. The Bertz CT molecular complexity index is 488. The van der Waals surface area contributed by atoms with Crippen LogP contribution < -0.4 is 10.6 Å². The second kappa shape index (κ2) is 7.27. The molecule has 22 heavy (non-hydrogen) atoms. The molecular formula is C17H27N3O2. The Morgan fingerprint density at radius 1 is 1.27 bits per heavy atom. The summed E-state index contributed by atoms with van der Waals surface area (Å²) in [5, 5.41) is 6.44. The highest BCUT2D eigenvalue weighted by molar-refractivity contribution is 5.92. The molecule has 2 fully saturated rings. The van der Waals surface area contributed by atoms with Crippen LogP contribution in [0.1, 0.15) is 74.2 Å². The molecule has 0 spiro atoms. The Hall–Kier alpha value is -1.36. The number of aromatic nitrogens is 1. The highest BCUT2D eigenvalue weighted by atomic mass is 16.3. The number of oxazole rings is 1. The van der Waals surface area contributed by atoms with E-state index >= 15 is 0 Å². The van der Waals surface area contributed by atoms with E-state index in [0.717, 1.165) is 31.8 Å². The lowest BCUT2D eigenvalue weighted by atomic mass is 9.84. The van der Waals surface area contributed by atoms with E-state index in [1.54, 1.807) is 0 Å². The van der Waals surface area contributed by atoms with Gasteiger partial charge in [0, 0.05) is 12.0 Å². The topological polar surface area (TPSA) is 67.2 Å². The van der Waals surface area contributed by atoms with Gasteiger partial charge in [0.05, 0.1) is 0 Å². The number of amides is 1. The van der Waals surface area contributed by atoms with E-state index < -0.39 is 0 Å². The van der Waals surface area contributed by atoms with Crippen LogP contribution in [0, 0.1) is 5.92 Å². The van der Waals surface area contributed by atoms with Crippen molar-refractivity contribution in [3.63, 3.8) is 0 Å². The summed E-state index contributed by atoms with van der Waals surface area (Å²) in [6.45, 7) is 4.10. The summed E-state index contributed by atoms with van der Waals surface area (Å²) < 4.78 is 5.55. The van der Waals surface area contributed by atoms with E-state index in [1.165, 1.54) is 38.4 Å². The first kappa shape index (κ1) is 15.5. The average molecular weight is 305 g/mol. The van der Waals surface area contributed by atoms with Gasteiger partial charge in [0.15, 0.2) is 11.6 Å². The predicted molar refractivity (Wildman–Crippen MR) is 84.9 cm³/mol. The lowest BCUT2D eigenvalue weighted by Gasteiger charge is -2.27. The van der Waals surface area contributed by atoms with Crippen molar-refractivity contribution in [2.75, 3.05) is 13.1 Å². The Balaban J connectivity index is 1.56. The van der Waals surface area contributed by atoms with Crippen LogP contribution in [0.25, 0.3) is 0 Å². The van der Waals surface area contributed by atoms with Crippen molar-refractivity contribution in [3.05, 3.63) is 17.8 Å². The molecule has 0 radical (unpaired) electrons. The minimum Gasteiger partial charge on any atom is -0.448 e. The van der Waals surface area contributed by atoms with Crippen molar-refractivity contribution < 1.29 is 9.21 Å². The highest BCUT2D eigenvalue weighted by Crippen LogP contribution is 2.27. The van der Waals surface area contributed by atoms with Gasteiger partial charge >= 0.3 is 0 Å². The fraction of sp³-hybridized carbons (Fsp3) is 0.765. The highest BCUT2D eigenvalue weighted by Gasteiger charge is 2.25. The molecule has 5 nitrogen and oxygen atoms in total. The second-order valence-electron chi connectivity index (χ2n) is 6.76. The number of rotatable bonds is 4. The normalized spacial score (nSPS) is 22.4. The molecule has 2 N–H and O–H groups in total. The third kappa shape index (κ3) is 3.69. The smallest absolute Gasteiger partial charge is 0.273 e. The van der Waals surface area contributed by atoms with Gasteiger partial charge in [0.2, 0.25) is 0 Å². The van der Waals surface area contributed by atoms with Gasteiger partial charge in [-0.2, -0.15) is 0 Å². The van der Waals surface area contributed by atoms with Gasteiger partial charge in [-0.3, -0.25) is 4.79 Å². The van der Waals surface area contributed by atoms with Gasteiger partial charge in [0.1, 0.15) is 6.26 Å². The molecule has 3 rings (SSSR count). The molecule has 1 atom stereocenters. The first-order chi connectivity index (χ1) is 10.7. The van der Waals surface area contributed by atoms with Gasteiger partial charge in [-0.25, -0.2) is 4.98 Å². The van der Waals surface area contributed by atoms with Crippen LogP contribution in [-0.4, -0.2) is 30.0 Å². The molecule has 0 bridgehead atoms. The Kier molecular flexibility index (Phi) is 5.13.